The molecular weight excluding hydrogens is 280 g/mol. The number of carbonyl (C=O) groups excluding carboxylic acids is 2. The lowest BCUT2D eigenvalue weighted by Crippen LogP contribution is -2.46. The van der Waals surface area contributed by atoms with E-state index in [1.165, 1.54) is 0 Å². The van der Waals surface area contributed by atoms with E-state index in [2.05, 4.69) is 0 Å². The normalized spacial score (nSPS) is 25.0. The summed E-state index contributed by atoms with van der Waals surface area (Å²) >= 11 is 0. The van der Waals surface area contributed by atoms with Crippen LogP contribution in [0.15, 0.2) is 0 Å². The van der Waals surface area contributed by atoms with E-state index in [9.17, 15) is 9.59 Å². The topological polar surface area (TPSA) is 80.3 Å². The van der Waals surface area contributed by atoms with Gasteiger partial charge in [0.25, 0.3) is 5.79 Å². The highest BCUT2D eigenvalue weighted by atomic mass is 16.8. The number of carbonyl (C=O) groups is 2. The molecule has 1 rings (SSSR count). The Kier molecular flexibility index (Phi) is 6.26. The van der Waals surface area contributed by atoms with Gasteiger partial charge in [0.15, 0.2) is 6.10 Å². The molecule has 0 N–H and O–H groups in total. The Hall–Kier alpha value is -1.50. The van der Waals surface area contributed by atoms with Crippen LogP contribution in [-0.4, -0.2) is 43.0 Å². The van der Waals surface area contributed by atoms with Crippen LogP contribution in [0.4, 0.5) is 9.59 Å². The summed E-state index contributed by atoms with van der Waals surface area (Å²) in [6.45, 7) is 8.96. The first-order valence-electron chi connectivity index (χ1n) is 7.20. The quantitative estimate of drug-likeness (QED) is 0.722. The summed E-state index contributed by atoms with van der Waals surface area (Å²) in [5.74, 6) is -1.32. The zero-order valence-electron chi connectivity index (χ0n) is 13.2. The third-order valence-electron chi connectivity index (χ3n) is 2.87. The van der Waals surface area contributed by atoms with E-state index in [1.54, 1.807) is 34.6 Å². The molecule has 0 spiro atoms. The number of hydrogen-bond acceptors (Lipinski definition) is 7. The van der Waals surface area contributed by atoms with Gasteiger partial charge in [0.1, 0.15) is 0 Å². The highest BCUT2D eigenvalue weighted by Crippen LogP contribution is 2.34. The lowest BCUT2D eigenvalue weighted by molar-refractivity contribution is -0.228. The lowest BCUT2D eigenvalue weighted by Gasteiger charge is -2.31. The van der Waals surface area contributed by atoms with Crippen LogP contribution in [0.25, 0.3) is 0 Å². The fourth-order valence-corrected chi connectivity index (χ4v) is 1.99. The smallest absolute Gasteiger partial charge is 0.432 e. The molecule has 0 amide bonds. The molecular formula is C14H24O7. The van der Waals surface area contributed by atoms with Crippen LogP contribution in [0.2, 0.25) is 0 Å². The summed E-state index contributed by atoms with van der Waals surface area (Å²) in [5.41, 5.74) is 0. The van der Waals surface area contributed by atoms with Crippen molar-refractivity contribution in [2.24, 2.45) is 0 Å². The molecule has 1 aliphatic heterocycles. The number of ether oxygens (including phenoxy) is 5. The van der Waals surface area contributed by atoms with Gasteiger partial charge in [-0.25, -0.2) is 9.59 Å². The van der Waals surface area contributed by atoms with E-state index in [4.69, 9.17) is 23.7 Å². The number of hydrogen-bond donors (Lipinski definition) is 0. The van der Waals surface area contributed by atoms with Gasteiger partial charge < -0.3 is 23.7 Å². The van der Waals surface area contributed by atoms with E-state index in [0.717, 1.165) is 0 Å². The Balaban J connectivity index is 2.69. The minimum atomic E-state index is -1.32. The van der Waals surface area contributed by atoms with Crippen molar-refractivity contribution in [1.29, 1.82) is 0 Å². The van der Waals surface area contributed by atoms with E-state index in [0.29, 0.717) is 19.4 Å². The second-order valence-electron chi connectivity index (χ2n) is 5.34. The maximum atomic E-state index is 11.7. The molecule has 0 aromatic heterocycles. The third-order valence-corrected chi connectivity index (χ3v) is 2.87. The van der Waals surface area contributed by atoms with Gasteiger partial charge in [-0.05, 0) is 27.7 Å². The van der Waals surface area contributed by atoms with Crippen molar-refractivity contribution in [1.82, 2.24) is 0 Å². The summed E-state index contributed by atoms with van der Waals surface area (Å²) < 4.78 is 25.9. The predicted molar refractivity (Wildman–Crippen MR) is 72.8 cm³/mol. The van der Waals surface area contributed by atoms with Gasteiger partial charge in [-0.1, -0.05) is 6.92 Å². The monoisotopic (exact) mass is 304 g/mol. The zero-order chi connectivity index (χ0) is 16.0. The molecule has 1 saturated heterocycles. The molecule has 0 aromatic rings. The van der Waals surface area contributed by atoms with Crippen molar-refractivity contribution >= 4 is 12.3 Å². The van der Waals surface area contributed by atoms with Crippen molar-refractivity contribution in [3.05, 3.63) is 0 Å². The molecule has 122 valence electrons. The summed E-state index contributed by atoms with van der Waals surface area (Å²) in [6.07, 6.45) is -2.21. The fraction of sp³-hybridized carbons (Fsp3) is 0.857. The van der Waals surface area contributed by atoms with Gasteiger partial charge >= 0.3 is 12.3 Å². The largest absolute Gasteiger partial charge is 0.511 e. The first-order valence-corrected chi connectivity index (χ1v) is 7.20. The van der Waals surface area contributed by atoms with Gasteiger partial charge in [0, 0.05) is 12.8 Å². The minimum Gasteiger partial charge on any atom is -0.432 e. The van der Waals surface area contributed by atoms with Crippen LogP contribution in [0.1, 0.15) is 47.5 Å². The average molecular weight is 304 g/mol. The fourth-order valence-electron chi connectivity index (χ4n) is 1.99. The molecule has 1 heterocycles. The van der Waals surface area contributed by atoms with Gasteiger partial charge in [-0.3, -0.25) is 0 Å². The molecule has 1 fully saturated rings. The zero-order valence-corrected chi connectivity index (χ0v) is 13.2. The molecule has 7 heteroatoms. The highest BCUT2D eigenvalue weighted by Gasteiger charge is 2.50. The molecule has 7 nitrogen and oxygen atoms in total. The maximum absolute atomic E-state index is 11.7. The van der Waals surface area contributed by atoms with Crippen LogP contribution >= 0.6 is 0 Å². The highest BCUT2D eigenvalue weighted by molar-refractivity contribution is 5.62. The number of rotatable bonds is 5. The summed E-state index contributed by atoms with van der Waals surface area (Å²) in [7, 11) is 0. The third kappa shape index (κ3) is 5.08. The molecule has 0 bridgehead atoms. The second kappa shape index (κ2) is 7.49. The van der Waals surface area contributed by atoms with Crippen molar-refractivity contribution in [3.63, 3.8) is 0 Å². The van der Waals surface area contributed by atoms with E-state index in [-0.39, 0.29) is 12.2 Å². The molecule has 0 radical (unpaired) electrons. The average Bonchev–Trinajstić information content (AvgIpc) is 2.70. The Morgan fingerprint density at radius 2 is 1.71 bits per heavy atom. The first-order chi connectivity index (χ1) is 9.79. The van der Waals surface area contributed by atoms with E-state index >= 15 is 0 Å². The summed E-state index contributed by atoms with van der Waals surface area (Å²) in [6, 6.07) is 0. The second-order valence-corrected chi connectivity index (χ2v) is 5.34. The van der Waals surface area contributed by atoms with Crippen LogP contribution in [0.5, 0.6) is 0 Å². The molecule has 21 heavy (non-hydrogen) atoms. The van der Waals surface area contributed by atoms with Crippen molar-refractivity contribution in [2.75, 3.05) is 6.61 Å². The van der Waals surface area contributed by atoms with Crippen LogP contribution in [-0.2, 0) is 23.7 Å². The maximum Gasteiger partial charge on any atom is 0.511 e. The van der Waals surface area contributed by atoms with Gasteiger partial charge in [0.2, 0.25) is 0 Å². The van der Waals surface area contributed by atoms with E-state index in [1.807, 2.05) is 0 Å². The van der Waals surface area contributed by atoms with Crippen molar-refractivity contribution in [3.8, 4) is 0 Å². The van der Waals surface area contributed by atoms with Crippen molar-refractivity contribution in [2.45, 2.75) is 71.6 Å². The predicted octanol–water partition coefficient (Wildman–Crippen LogP) is 3.00. The van der Waals surface area contributed by atoms with Crippen LogP contribution in [0, 0.1) is 0 Å². The summed E-state index contributed by atoms with van der Waals surface area (Å²) in [4.78, 5) is 23.3. The molecule has 2 atom stereocenters. The van der Waals surface area contributed by atoms with Gasteiger partial charge in [0.05, 0.1) is 18.8 Å². The standard InChI is InChI=1S/C14H24O7/c1-6-14(21-13(16)19-10(4)5)11(7-8-17-14)20-12(15)18-9(2)3/h9-11H,6-8H2,1-5H3. The SMILES string of the molecule is CCC1(OC(=O)OC(C)C)OCCC1OC(=O)OC(C)C. The van der Waals surface area contributed by atoms with Gasteiger partial charge in [-0.2, -0.15) is 0 Å². The molecule has 0 aromatic carbocycles. The Morgan fingerprint density at radius 1 is 1.14 bits per heavy atom. The molecule has 0 aliphatic carbocycles. The van der Waals surface area contributed by atoms with Gasteiger partial charge in [-0.15, -0.1) is 0 Å². The molecule has 2 unspecified atom stereocenters. The first kappa shape index (κ1) is 17.6. The van der Waals surface area contributed by atoms with E-state index < -0.39 is 24.2 Å². The van der Waals surface area contributed by atoms with Crippen molar-refractivity contribution < 1.29 is 33.3 Å². The Bertz CT molecular complexity index is 366. The van der Waals surface area contributed by atoms with Crippen LogP contribution in [0.3, 0.4) is 0 Å². The summed E-state index contributed by atoms with van der Waals surface area (Å²) in [5, 5.41) is 0. The van der Waals surface area contributed by atoms with Crippen LogP contribution < -0.4 is 0 Å². The Morgan fingerprint density at radius 3 is 2.24 bits per heavy atom. The lowest BCUT2D eigenvalue weighted by atomic mass is 10.1. The minimum absolute atomic E-state index is 0.289. The molecule has 1 aliphatic rings. The Labute approximate surface area is 124 Å². The molecule has 0 saturated carbocycles.